The van der Waals surface area contributed by atoms with Gasteiger partial charge in [-0.1, -0.05) is 41.4 Å². The Kier molecular flexibility index (Phi) is 7.28. The molecule has 128 valence electrons. The molecular weight excluding hydrogens is 365 g/mol. The van der Waals surface area contributed by atoms with E-state index in [0.717, 1.165) is 16.9 Å². The predicted molar refractivity (Wildman–Crippen MR) is 102 cm³/mol. The lowest BCUT2D eigenvalue weighted by Crippen LogP contribution is -2.28. The van der Waals surface area contributed by atoms with Gasteiger partial charge in [0.15, 0.2) is 0 Å². The number of halogens is 2. The van der Waals surface area contributed by atoms with E-state index in [0.29, 0.717) is 21.6 Å². The summed E-state index contributed by atoms with van der Waals surface area (Å²) in [5.41, 5.74) is 2.01. The molecule has 0 heterocycles. The second-order valence-corrected chi connectivity index (χ2v) is 7.12. The molecule has 0 radical (unpaired) electrons. The first-order chi connectivity index (χ1) is 11.5. The molecular formula is C18H19Cl2NO2S. The van der Waals surface area contributed by atoms with E-state index in [4.69, 9.17) is 27.9 Å². The minimum absolute atomic E-state index is 0.00611. The van der Waals surface area contributed by atoms with Gasteiger partial charge in [0, 0.05) is 15.8 Å². The monoisotopic (exact) mass is 383 g/mol. The Morgan fingerprint density at radius 1 is 1.21 bits per heavy atom. The van der Waals surface area contributed by atoms with Gasteiger partial charge in [0.25, 0.3) is 0 Å². The second kappa shape index (κ2) is 9.21. The third kappa shape index (κ3) is 5.62. The van der Waals surface area contributed by atoms with E-state index in [9.17, 15) is 4.79 Å². The summed E-state index contributed by atoms with van der Waals surface area (Å²) in [4.78, 5) is 12.1. The Morgan fingerprint density at radius 3 is 2.54 bits per heavy atom. The molecule has 6 heteroatoms. The SMILES string of the molecule is COc1ccc([C@@H](C)NC(=O)CSCc2ccc(Cl)cc2Cl)cc1. The fourth-order valence-electron chi connectivity index (χ4n) is 2.15. The molecule has 24 heavy (non-hydrogen) atoms. The van der Waals surface area contributed by atoms with Crippen molar-refractivity contribution < 1.29 is 9.53 Å². The van der Waals surface area contributed by atoms with Crippen LogP contribution in [0.15, 0.2) is 42.5 Å². The Hall–Kier alpha value is -1.36. The molecule has 0 saturated heterocycles. The van der Waals surface area contributed by atoms with Crippen molar-refractivity contribution in [2.24, 2.45) is 0 Å². The third-order valence-corrected chi connectivity index (χ3v) is 5.07. The second-order valence-electron chi connectivity index (χ2n) is 5.29. The summed E-state index contributed by atoms with van der Waals surface area (Å²) >= 11 is 13.5. The number of hydrogen-bond acceptors (Lipinski definition) is 3. The van der Waals surface area contributed by atoms with E-state index in [-0.39, 0.29) is 11.9 Å². The maximum Gasteiger partial charge on any atom is 0.230 e. The minimum atomic E-state index is -0.0527. The van der Waals surface area contributed by atoms with Gasteiger partial charge in [-0.25, -0.2) is 0 Å². The number of methoxy groups -OCH3 is 1. The van der Waals surface area contributed by atoms with Crippen molar-refractivity contribution in [1.82, 2.24) is 5.32 Å². The normalized spacial score (nSPS) is 11.8. The molecule has 2 rings (SSSR count). The van der Waals surface area contributed by atoms with Crippen LogP contribution in [0.25, 0.3) is 0 Å². The molecule has 0 bridgehead atoms. The fourth-order valence-corrected chi connectivity index (χ4v) is 3.55. The van der Waals surface area contributed by atoms with Crippen LogP contribution in [0, 0.1) is 0 Å². The van der Waals surface area contributed by atoms with Crippen LogP contribution in [0.5, 0.6) is 5.75 Å². The van der Waals surface area contributed by atoms with Crippen LogP contribution < -0.4 is 10.1 Å². The minimum Gasteiger partial charge on any atom is -0.497 e. The van der Waals surface area contributed by atoms with Crippen LogP contribution in [-0.2, 0) is 10.5 Å². The molecule has 0 aromatic heterocycles. The van der Waals surface area contributed by atoms with E-state index >= 15 is 0 Å². The van der Waals surface area contributed by atoms with Crippen molar-refractivity contribution in [3.8, 4) is 5.75 Å². The highest BCUT2D eigenvalue weighted by molar-refractivity contribution is 7.99. The molecule has 0 aliphatic carbocycles. The maximum atomic E-state index is 12.1. The van der Waals surface area contributed by atoms with Gasteiger partial charge in [0.05, 0.1) is 18.9 Å². The van der Waals surface area contributed by atoms with Crippen LogP contribution in [0.3, 0.4) is 0 Å². The zero-order valence-electron chi connectivity index (χ0n) is 13.5. The summed E-state index contributed by atoms with van der Waals surface area (Å²) in [5.74, 6) is 1.83. The molecule has 1 atom stereocenters. The van der Waals surface area contributed by atoms with Crippen LogP contribution in [0.1, 0.15) is 24.1 Å². The molecule has 2 aromatic rings. The van der Waals surface area contributed by atoms with E-state index in [1.165, 1.54) is 11.8 Å². The molecule has 0 aliphatic rings. The highest BCUT2D eigenvalue weighted by Gasteiger charge is 2.10. The zero-order valence-corrected chi connectivity index (χ0v) is 15.8. The molecule has 2 aromatic carbocycles. The highest BCUT2D eigenvalue weighted by atomic mass is 35.5. The lowest BCUT2D eigenvalue weighted by Gasteiger charge is -2.14. The number of hydrogen-bond donors (Lipinski definition) is 1. The van der Waals surface area contributed by atoms with Crippen molar-refractivity contribution in [2.45, 2.75) is 18.7 Å². The Bertz CT molecular complexity index is 692. The number of thioether (sulfide) groups is 1. The molecule has 0 fully saturated rings. The average Bonchev–Trinajstić information content (AvgIpc) is 2.57. The lowest BCUT2D eigenvalue weighted by molar-refractivity contribution is -0.119. The van der Waals surface area contributed by atoms with Gasteiger partial charge in [-0.2, -0.15) is 0 Å². The van der Waals surface area contributed by atoms with Crippen LogP contribution >= 0.6 is 35.0 Å². The van der Waals surface area contributed by atoms with Gasteiger partial charge < -0.3 is 10.1 Å². The number of nitrogens with one attached hydrogen (secondary N) is 1. The number of ether oxygens (including phenoxy) is 1. The van der Waals surface area contributed by atoms with E-state index in [1.807, 2.05) is 37.3 Å². The maximum absolute atomic E-state index is 12.1. The topological polar surface area (TPSA) is 38.3 Å². The first-order valence-corrected chi connectivity index (χ1v) is 9.35. The van der Waals surface area contributed by atoms with Crippen molar-refractivity contribution in [3.63, 3.8) is 0 Å². The van der Waals surface area contributed by atoms with E-state index < -0.39 is 0 Å². The van der Waals surface area contributed by atoms with Gasteiger partial charge in [-0.15, -0.1) is 11.8 Å². The van der Waals surface area contributed by atoms with Crippen LogP contribution in [0.4, 0.5) is 0 Å². The third-order valence-electron chi connectivity index (χ3n) is 3.50. The molecule has 1 amide bonds. The number of amides is 1. The van der Waals surface area contributed by atoms with Gasteiger partial charge in [-0.3, -0.25) is 4.79 Å². The average molecular weight is 384 g/mol. The van der Waals surface area contributed by atoms with Gasteiger partial charge in [0.2, 0.25) is 5.91 Å². The quantitative estimate of drug-likeness (QED) is 0.721. The number of carbonyl (C=O) groups is 1. The molecule has 1 N–H and O–H groups in total. The van der Waals surface area contributed by atoms with Gasteiger partial charge >= 0.3 is 0 Å². The van der Waals surface area contributed by atoms with Crippen molar-refractivity contribution in [2.75, 3.05) is 12.9 Å². The summed E-state index contributed by atoms with van der Waals surface area (Å²) in [7, 11) is 1.63. The fraction of sp³-hybridized carbons (Fsp3) is 0.278. The molecule has 0 unspecified atom stereocenters. The first kappa shape index (κ1) is 19.0. The van der Waals surface area contributed by atoms with Gasteiger partial charge in [0.1, 0.15) is 5.75 Å². The Morgan fingerprint density at radius 2 is 1.92 bits per heavy atom. The van der Waals surface area contributed by atoms with Crippen LogP contribution in [0.2, 0.25) is 10.0 Å². The molecule has 3 nitrogen and oxygen atoms in total. The number of rotatable bonds is 7. The molecule has 0 aliphatic heterocycles. The van der Waals surface area contributed by atoms with Crippen molar-refractivity contribution >= 4 is 40.9 Å². The first-order valence-electron chi connectivity index (χ1n) is 7.44. The summed E-state index contributed by atoms with van der Waals surface area (Å²) < 4.78 is 5.13. The Labute approximate surface area is 156 Å². The summed E-state index contributed by atoms with van der Waals surface area (Å²) in [6.07, 6.45) is 0. The number of carbonyl (C=O) groups excluding carboxylic acids is 1. The standard InChI is InChI=1S/C18H19Cl2NO2S/c1-12(13-4-7-16(23-2)8-5-13)21-18(22)11-24-10-14-3-6-15(19)9-17(14)20/h3-9,12H,10-11H2,1-2H3,(H,21,22)/t12-/m1/s1. The lowest BCUT2D eigenvalue weighted by atomic mass is 10.1. The van der Waals surface area contributed by atoms with Gasteiger partial charge in [-0.05, 0) is 42.3 Å². The largest absolute Gasteiger partial charge is 0.497 e. The van der Waals surface area contributed by atoms with Crippen molar-refractivity contribution in [1.29, 1.82) is 0 Å². The smallest absolute Gasteiger partial charge is 0.230 e. The molecule has 0 saturated carbocycles. The van der Waals surface area contributed by atoms with E-state index in [2.05, 4.69) is 5.32 Å². The van der Waals surface area contributed by atoms with Crippen LogP contribution in [-0.4, -0.2) is 18.8 Å². The highest BCUT2D eigenvalue weighted by Crippen LogP contribution is 2.24. The summed E-state index contributed by atoms with van der Waals surface area (Å²) in [5, 5.41) is 4.23. The Balaban J connectivity index is 1.79. The predicted octanol–water partition coefficient (Wildman–Crippen LogP) is 5.11. The van der Waals surface area contributed by atoms with Crippen molar-refractivity contribution in [3.05, 3.63) is 63.6 Å². The molecule has 0 spiro atoms. The van der Waals surface area contributed by atoms with E-state index in [1.54, 1.807) is 19.2 Å². The summed E-state index contributed by atoms with van der Waals surface area (Å²) in [6, 6.07) is 13.0. The summed E-state index contributed by atoms with van der Waals surface area (Å²) in [6.45, 7) is 1.96. The zero-order chi connectivity index (χ0) is 17.5. The number of benzene rings is 2.